The highest BCUT2D eigenvalue weighted by Crippen LogP contribution is 2.20. The number of rotatable bonds is 5. The average molecular weight is 350 g/mol. The lowest BCUT2D eigenvalue weighted by Gasteiger charge is -2.17. The summed E-state index contributed by atoms with van der Waals surface area (Å²) in [6.07, 6.45) is 5.24. The normalized spacial score (nSPS) is 13.8. The smallest absolute Gasteiger partial charge is 0.255 e. The summed E-state index contributed by atoms with van der Waals surface area (Å²) < 4.78 is 5.11. The van der Waals surface area contributed by atoms with E-state index in [1.807, 2.05) is 41.3 Å². The molecule has 0 spiro atoms. The van der Waals surface area contributed by atoms with Crippen molar-refractivity contribution in [2.24, 2.45) is 0 Å². The van der Waals surface area contributed by atoms with Gasteiger partial charge in [-0.05, 0) is 48.7 Å². The van der Waals surface area contributed by atoms with Gasteiger partial charge in [0.25, 0.3) is 5.91 Å². The quantitative estimate of drug-likeness (QED) is 0.839. The van der Waals surface area contributed by atoms with E-state index >= 15 is 0 Å². The number of anilines is 1. The number of ether oxygens (including phenoxy) is 1. The lowest BCUT2D eigenvalue weighted by molar-refractivity contribution is -0.111. The third-order valence-electron chi connectivity index (χ3n) is 4.35. The van der Waals surface area contributed by atoms with Gasteiger partial charge in [0.1, 0.15) is 5.75 Å². The van der Waals surface area contributed by atoms with E-state index in [2.05, 4.69) is 5.32 Å². The number of nitrogens with zero attached hydrogens (tertiary/aromatic N) is 1. The molecule has 2 aromatic rings. The van der Waals surface area contributed by atoms with Crippen molar-refractivity contribution in [3.63, 3.8) is 0 Å². The van der Waals surface area contributed by atoms with E-state index in [1.165, 1.54) is 6.08 Å². The van der Waals surface area contributed by atoms with Gasteiger partial charge in [0, 0.05) is 19.2 Å². The van der Waals surface area contributed by atoms with Crippen LogP contribution in [0.5, 0.6) is 5.75 Å². The molecule has 26 heavy (non-hydrogen) atoms. The van der Waals surface area contributed by atoms with Gasteiger partial charge in [-0.1, -0.05) is 24.3 Å². The molecule has 0 unspecified atom stereocenters. The molecule has 1 heterocycles. The van der Waals surface area contributed by atoms with Crippen LogP contribution in [-0.4, -0.2) is 36.9 Å². The van der Waals surface area contributed by atoms with Crippen LogP contribution in [0, 0.1) is 0 Å². The maximum atomic E-state index is 12.6. The first kappa shape index (κ1) is 17.7. The zero-order valence-electron chi connectivity index (χ0n) is 14.8. The number of hydrogen-bond donors (Lipinski definition) is 1. The monoisotopic (exact) mass is 350 g/mol. The van der Waals surface area contributed by atoms with Crippen molar-refractivity contribution in [1.29, 1.82) is 0 Å². The Balaban J connectivity index is 1.68. The molecular formula is C21H22N2O3. The molecule has 3 rings (SSSR count). The van der Waals surface area contributed by atoms with Gasteiger partial charge in [-0.25, -0.2) is 0 Å². The lowest BCUT2D eigenvalue weighted by Crippen LogP contribution is -2.28. The summed E-state index contributed by atoms with van der Waals surface area (Å²) in [6.45, 7) is 1.55. The maximum absolute atomic E-state index is 12.6. The Morgan fingerprint density at radius 3 is 2.42 bits per heavy atom. The van der Waals surface area contributed by atoms with E-state index in [-0.39, 0.29) is 11.8 Å². The first-order valence-electron chi connectivity index (χ1n) is 8.69. The second-order valence-corrected chi connectivity index (χ2v) is 6.14. The molecule has 2 aromatic carbocycles. The minimum atomic E-state index is -0.275. The van der Waals surface area contributed by atoms with Crippen LogP contribution in [-0.2, 0) is 4.79 Å². The maximum Gasteiger partial charge on any atom is 0.255 e. The number of methoxy groups -OCH3 is 1. The van der Waals surface area contributed by atoms with Crippen molar-refractivity contribution in [2.75, 3.05) is 25.5 Å². The number of amides is 2. The molecule has 1 saturated heterocycles. The molecule has 0 aliphatic carbocycles. The van der Waals surface area contributed by atoms with E-state index in [9.17, 15) is 9.59 Å². The third kappa shape index (κ3) is 4.30. The van der Waals surface area contributed by atoms with Gasteiger partial charge in [-0.3, -0.25) is 9.59 Å². The van der Waals surface area contributed by atoms with Gasteiger partial charge in [0.2, 0.25) is 5.91 Å². The van der Waals surface area contributed by atoms with Gasteiger partial charge in [0.05, 0.1) is 18.4 Å². The number of nitrogens with one attached hydrogen (secondary N) is 1. The van der Waals surface area contributed by atoms with Gasteiger partial charge >= 0.3 is 0 Å². The summed E-state index contributed by atoms with van der Waals surface area (Å²) in [6, 6.07) is 14.5. The van der Waals surface area contributed by atoms with Crippen LogP contribution >= 0.6 is 0 Å². The number of likely N-dealkylation sites (tertiary alicyclic amines) is 1. The van der Waals surface area contributed by atoms with Crippen LogP contribution in [0.1, 0.15) is 28.8 Å². The summed E-state index contributed by atoms with van der Waals surface area (Å²) in [5.41, 5.74) is 1.96. The first-order valence-corrected chi connectivity index (χ1v) is 8.69. The Hall–Kier alpha value is -3.08. The summed E-state index contributed by atoms with van der Waals surface area (Å²) in [5, 5.41) is 2.81. The molecule has 0 bridgehead atoms. The second-order valence-electron chi connectivity index (χ2n) is 6.14. The highest BCUT2D eigenvalue weighted by molar-refractivity contribution is 6.07. The Morgan fingerprint density at radius 1 is 1.04 bits per heavy atom. The molecule has 5 heteroatoms. The molecule has 0 atom stereocenters. The largest absolute Gasteiger partial charge is 0.497 e. The number of carbonyl (C=O) groups is 2. The van der Waals surface area contributed by atoms with Crippen molar-refractivity contribution in [3.8, 4) is 5.75 Å². The van der Waals surface area contributed by atoms with Gasteiger partial charge < -0.3 is 15.0 Å². The first-order chi connectivity index (χ1) is 12.7. The van der Waals surface area contributed by atoms with Gasteiger partial charge in [0.15, 0.2) is 0 Å². The van der Waals surface area contributed by atoms with Gasteiger partial charge in [-0.15, -0.1) is 0 Å². The van der Waals surface area contributed by atoms with Crippen LogP contribution in [0.15, 0.2) is 54.6 Å². The fourth-order valence-corrected chi connectivity index (χ4v) is 2.93. The highest BCUT2D eigenvalue weighted by Gasteiger charge is 2.21. The Morgan fingerprint density at radius 2 is 1.73 bits per heavy atom. The highest BCUT2D eigenvalue weighted by atomic mass is 16.5. The van der Waals surface area contributed by atoms with E-state index in [1.54, 1.807) is 25.3 Å². The molecule has 0 radical (unpaired) electrons. The SMILES string of the molecule is COc1ccc(C=CC(=O)Nc2ccccc2C(=O)N2CCCC2)cc1. The van der Waals surface area contributed by atoms with Crippen LogP contribution in [0.25, 0.3) is 6.08 Å². The van der Waals surface area contributed by atoms with Crippen LogP contribution in [0.3, 0.4) is 0 Å². The minimum absolute atomic E-state index is 0.0301. The molecule has 0 saturated carbocycles. The second kappa shape index (κ2) is 8.34. The third-order valence-corrected chi connectivity index (χ3v) is 4.35. The van der Waals surface area contributed by atoms with Crippen molar-refractivity contribution < 1.29 is 14.3 Å². The Kier molecular flexibility index (Phi) is 5.69. The molecule has 1 aliphatic heterocycles. The molecular weight excluding hydrogens is 328 g/mol. The fourth-order valence-electron chi connectivity index (χ4n) is 2.93. The van der Waals surface area contributed by atoms with E-state index < -0.39 is 0 Å². The van der Waals surface area contributed by atoms with Crippen LogP contribution < -0.4 is 10.1 Å². The molecule has 0 aromatic heterocycles. The van der Waals surface area contributed by atoms with E-state index in [0.29, 0.717) is 11.3 Å². The molecule has 2 amide bonds. The number of hydrogen-bond acceptors (Lipinski definition) is 3. The zero-order valence-corrected chi connectivity index (χ0v) is 14.8. The standard InChI is InChI=1S/C21H22N2O3/c1-26-17-11-8-16(9-12-17)10-13-20(24)22-19-7-3-2-6-18(19)21(25)23-14-4-5-15-23/h2-3,6-13H,4-5,14-15H2,1H3,(H,22,24). The van der Waals surface area contributed by atoms with Crippen molar-refractivity contribution in [1.82, 2.24) is 4.90 Å². The lowest BCUT2D eigenvalue weighted by atomic mass is 10.1. The molecule has 1 N–H and O–H groups in total. The van der Waals surface area contributed by atoms with E-state index in [4.69, 9.17) is 4.74 Å². The molecule has 1 aliphatic rings. The summed E-state index contributed by atoms with van der Waals surface area (Å²) in [7, 11) is 1.61. The number of benzene rings is 2. The van der Waals surface area contributed by atoms with Gasteiger partial charge in [-0.2, -0.15) is 0 Å². The summed E-state index contributed by atoms with van der Waals surface area (Å²) in [5.74, 6) is 0.459. The van der Waals surface area contributed by atoms with Crippen molar-refractivity contribution >= 4 is 23.6 Å². The van der Waals surface area contributed by atoms with Crippen LogP contribution in [0.2, 0.25) is 0 Å². The topological polar surface area (TPSA) is 58.6 Å². The van der Waals surface area contributed by atoms with Crippen molar-refractivity contribution in [3.05, 3.63) is 65.7 Å². The predicted molar refractivity (Wildman–Crippen MR) is 102 cm³/mol. The average Bonchev–Trinajstić information content (AvgIpc) is 3.21. The van der Waals surface area contributed by atoms with Crippen molar-refractivity contribution in [2.45, 2.75) is 12.8 Å². The molecule has 1 fully saturated rings. The fraction of sp³-hybridized carbons (Fsp3) is 0.238. The summed E-state index contributed by atoms with van der Waals surface area (Å²) >= 11 is 0. The molecule has 134 valence electrons. The zero-order chi connectivity index (χ0) is 18.4. The number of para-hydroxylation sites is 1. The Labute approximate surface area is 153 Å². The predicted octanol–water partition coefficient (Wildman–Crippen LogP) is 3.58. The Bertz CT molecular complexity index is 806. The van der Waals surface area contributed by atoms with E-state index in [0.717, 1.165) is 37.2 Å². The van der Waals surface area contributed by atoms with Crippen LogP contribution in [0.4, 0.5) is 5.69 Å². The molecule has 5 nitrogen and oxygen atoms in total. The number of carbonyl (C=O) groups excluding carboxylic acids is 2. The minimum Gasteiger partial charge on any atom is -0.497 e. The summed E-state index contributed by atoms with van der Waals surface area (Å²) in [4.78, 5) is 26.7.